The van der Waals surface area contributed by atoms with Crippen LogP contribution < -0.4 is 16.1 Å². The number of hydrogen-bond acceptors (Lipinski definition) is 3. The second kappa shape index (κ2) is 9.49. The standard InChI is InChI=1S/C22H28FN3O3/c1-13(2)10-26-11-17(20(27)18(12-26)22(29)25-14(3)4)21(28)24-9-16-7-6-15(5)19(23)8-16/h6-8,11-14H,9-10H2,1-5H3,(H,24,28)(H,25,29). The van der Waals surface area contributed by atoms with Gasteiger partial charge < -0.3 is 15.2 Å². The van der Waals surface area contributed by atoms with Crippen molar-refractivity contribution in [2.24, 2.45) is 5.92 Å². The van der Waals surface area contributed by atoms with E-state index in [-0.39, 0.29) is 35.4 Å². The maximum atomic E-state index is 13.7. The third-order valence-corrected chi connectivity index (χ3v) is 4.25. The minimum absolute atomic E-state index is 0.0715. The molecule has 0 bridgehead atoms. The Bertz CT molecular complexity index is 964. The van der Waals surface area contributed by atoms with Crippen molar-refractivity contribution in [2.75, 3.05) is 0 Å². The predicted octanol–water partition coefficient (Wildman–Crippen LogP) is 3.02. The second-order valence-corrected chi connectivity index (χ2v) is 7.90. The summed E-state index contributed by atoms with van der Waals surface area (Å²) in [5.74, 6) is -1.22. The zero-order chi connectivity index (χ0) is 21.7. The van der Waals surface area contributed by atoms with Gasteiger partial charge in [-0.25, -0.2) is 4.39 Å². The lowest BCUT2D eigenvalue weighted by atomic mass is 10.1. The lowest BCUT2D eigenvalue weighted by Gasteiger charge is -2.15. The van der Waals surface area contributed by atoms with Gasteiger partial charge in [-0.05, 0) is 43.9 Å². The first-order valence-electron chi connectivity index (χ1n) is 9.66. The molecule has 0 saturated carbocycles. The van der Waals surface area contributed by atoms with Gasteiger partial charge in [-0.1, -0.05) is 26.0 Å². The third-order valence-electron chi connectivity index (χ3n) is 4.25. The van der Waals surface area contributed by atoms with Crippen LogP contribution in [-0.4, -0.2) is 22.4 Å². The molecule has 0 fully saturated rings. The number of rotatable bonds is 7. The van der Waals surface area contributed by atoms with Gasteiger partial charge in [-0.15, -0.1) is 0 Å². The Balaban J connectivity index is 2.33. The van der Waals surface area contributed by atoms with Crippen LogP contribution in [0.3, 0.4) is 0 Å². The molecule has 0 radical (unpaired) electrons. The maximum Gasteiger partial charge on any atom is 0.257 e. The highest BCUT2D eigenvalue weighted by Gasteiger charge is 2.20. The first kappa shape index (κ1) is 22.3. The summed E-state index contributed by atoms with van der Waals surface area (Å²) in [5.41, 5.74) is 0.275. The number of aromatic nitrogens is 1. The van der Waals surface area contributed by atoms with E-state index in [0.29, 0.717) is 17.7 Å². The molecule has 0 saturated heterocycles. The fourth-order valence-electron chi connectivity index (χ4n) is 2.85. The number of nitrogens with one attached hydrogen (secondary N) is 2. The number of halogens is 1. The Morgan fingerprint density at radius 1 is 1.07 bits per heavy atom. The van der Waals surface area contributed by atoms with Crippen molar-refractivity contribution in [1.29, 1.82) is 0 Å². The number of pyridine rings is 1. The Labute approximate surface area is 170 Å². The highest BCUT2D eigenvalue weighted by Crippen LogP contribution is 2.09. The van der Waals surface area contributed by atoms with E-state index in [2.05, 4.69) is 10.6 Å². The van der Waals surface area contributed by atoms with Crippen LogP contribution >= 0.6 is 0 Å². The fraction of sp³-hybridized carbons (Fsp3) is 0.409. The van der Waals surface area contributed by atoms with Crippen LogP contribution in [0.5, 0.6) is 0 Å². The van der Waals surface area contributed by atoms with E-state index in [4.69, 9.17) is 0 Å². The Kier molecular flexibility index (Phi) is 7.31. The van der Waals surface area contributed by atoms with Gasteiger partial charge in [0.05, 0.1) is 0 Å². The van der Waals surface area contributed by atoms with Crippen LogP contribution in [0, 0.1) is 18.7 Å². The smallest absolute Gasteiger partial charge is 0.257 e. The van der Waals surface area contributed by atoms with Gasteiger partial charge in [0, 0.05) is 31.5 Å². The number of carbonyl (C=O) groups is 2. The molecule has 2 amide bonds. The average Bonchev–Trinajstić information content (AvgIpc) is 2.62. The first-order valence-corrected chi connectivity index (χ1v) is 9.66. The minimum atomic E-state index is -0.629. The monoisotopic (exact) mass is 401 g/mol. The highest BCUT2D eigenvalue weighted by atomic mass is 19.1. The number of aryl methyl sites for hydroxylation is 1. The van der Waals surface area contributed by atoms with Gasteiger partial charge in [0.25, 0.3) is 11.8 Å². The summed E-state index contributed by atoms with van der Waals surface area (Å²) >= 11 is 0. The van der Waals surface area contributed by atoms with Crippen LogP contribution in [0.25, 0.3) is 0 Å². The molecule has 2 N–H and O–H groups in total. The van der Waals surface area contributed by atoms with E-state index in [1.807, 2.05) is 13.8 Å². The summed E-state index contributed by atoms with van der Waals surface area (Å²) in [6.45, 7) is 9.86. The molecular weight excluding hydrogens is 373 g/mol. The molecule has 156 valence electrons. The lowest BCUT2D eigenvalue weighted by molar-refractivity contribution is 0.0941. The summed E-state index contributed by atoms with van der Waals surface area (Å²) in [5, 5.41) is 5.33. The van der Waals surface area contributed by atoms with Gasteiger partial charge >= 0.3 is 0 Å². The van der Waals surface area contributed by atoms with E-state index in [9.17, 15) is 18.8 Å². The summed E-state index contributed by atoms with van der Waals surface area (Å²) in [6.07, 6.45) is 2.94. The molecule has 0 unspecified atom stereocenters. The molecule has 6 nitrogen and oxygen atoms in total. The van der Waals surface area contributed by atoms with Crippen LogP contribution in [0.15, 0.2) is 35.4 Å². The Hall–Kier alpha value is -2.96. The van der Waals surface area contributed by atoms with Crippen molar-refractivity contribution in [3.8, 4) is 0 Å². The molecule has 0 atom stereocenters. The molecule has 1 heterocycles. The van der Waals surface area contributed by atoms with Gasteiger partial charge in [0.1, 0.15) is 16.9 Å². The van der Waals surface area contributed by atoms with Crippen LogP contribution in [0.4, 0.5) is 4.39 Å². The second-order valence-electron chi connectivity index (χ2n) is 7.90. The number of hydrogen-bond donors (Lipinski definition) is 2. The van der Waals surface area contributed by atoms with E-state index in [1.165, 1.54) is 18.5 Å². The molecule has 1 aromatic heterocycles. The molecule has 29 heavy (non-hydrogen) atoms. The van der Waals surface area contributed by atoms with Crippen LogP contribution in [0.2, 0.25) is 0 Å². The molecule has 1 aromatic carbocycles. The quantitative estimate of drug-likeness (QED) is 0.748. The van der Waals surface area contributed by atoms with Crippen molar-refractivity contribution in [3.05, 3.63) is 68.9 Å². The third kappa shape index (κ3) is 6.01. The Morgan fingerprint density at radius 3 is 2.24 bits per heavy atom. The van der Waals surface area contributed by atoms with Crippen LogP contribution in [0.1, 0.15) is 59.5 Å². The first-order chi connectivity index (χ1) is 13.6. The maximum absolute atomic E-state index is 13.7. The zero-order valence-corrected chi connectivity index (χ0v) is 17.5. The normalized spacial score (nSPS) is 11.0. The summed E-state index contributed by atoms with van der Waals surface area (Å²) in [4.78, 5) is 37.9. The van der Waals surface area contributed by atoms with Crippen LogP contribution in [-0.2, 0) is 13.1 Å². The molecule has 2 rings (SSSR count). The molecule has 2 aromatic rings. The number of carbonyl (C=O) groups excluding carboxylic acids is 2. The van der Waals surface area contributed by atoms with E-state index in [0.717, 1.165) is 0 Å². The SMILES string of the molecule is Cc1ccc(CNC(=O)c2cn(CC(C)C)cc(C(=O)NC(C)C)c2=O)cc1F. The molecule has 0 aliphatic heterocycles. The number of nitrogens with zero attached hydrogens (tertiary/aromatic N) is 1. The largest absolute Gasteiger partial charge is 0.352 e. The predicted molar refractivity (Wildman–Crippen MR) is 110 cm³/mol. The molecule has 0 spiro atoms. The number of amides is 2. The minimum Gasteiger partial charge on any atom is -0.352 e. The summed E-state index contributed by atoms with van der Waals surface area (Å²) in [7, 11) is 0. The van der Waals surface area contributed by atoms with Gasteiger partial charge in [-0.3, -0.25) is 14.4 Å². The van der Waals surface area contributed by atoms with Crippen molar-refractivity contribution >= 4 is 11.8 Å². The lowest BCUT2D eigenvalue weighted by Crippen LogP contribution is -2.37. The highest BCUT2D eigenvalue weighted by molar-refractivity contribution is 5.99. The Morgan fingerprint density at radius 2 is 1.69 bits per heavy atom. The van der Waals surface area contributed by atoms with Crippen molar-refractivity contribution in [3.63, 3.8) is 0 Å². The molecular formula is C22H28FN3O3. The summed E-state index contributed by atoms with van der Waals surface area (Å²) < 4.78 is 15.4. The van der Waals surface area contributed by atoms with Crippen molar-refractivity contribution in [1.82, 2.24) is 15.2 Å². The molecule has 0 aliphatic rings. The van der Waals surface area contributed by atoms with E-state index in [1.54, 1.807) is 37.5 Å². The topological polar surface area (TPSA) is 80.2 Å². The molecule has 7 heteroatoms. The van der Waals surface area contributed by atoms with Gasteiger partial charge in [0.15, 0.2) is 0 Å². The average molecular weight is 401 g/mol. The van der Waals surface area contributed by atoms with Crippen molar-refractivity contribution < 1.29 is 14.0 Å². The molecule has 0 aliphatic carbocycles. The van der Waals surface area contributed by atoms with E-state index < -0.39 is 17.2 Å². The zero-order valence-electron chi connectivity index (χ0n) is 17.5. The van der Waals surface area contributed by atoms with Gasteiger partial charge in [0.2, 0.25) is 5.43 Å². The number of benzene rings is 1. The fourth-order valence-corrected chi connectivity index (χ4v) is 2.85. The van der Waals surface area contributed by atoms with Gasteiger partial charge in [-0.2, -0.15) is 0 Å². The van der Waals surface area contributed by atoms with Crippen molar-refractivity contribution in [2.45, 2.75) is 53.8 Å². The summed E-state index contributed by atoms with van der Waals surface area (Å²) in [6, 6.07) is 4.54. The van der Waals surface area contributed by atoms with E-state index >= 15 is 0 Å².